The Labute approximate surface area is 178 Å². The molecule has 8 heteroatoms. The van der Waals surface area contributed by atoms with Gasteiger partial charge in [-0.15, -0.1) is 0 Å². The molecule has 2 N–H and O–H groups in total. The van der Waals surface area contributed by atoms with Crippen LogP contribution in [0.1, 0.15) is 5.56 Å². The van der Waals surface area contributed by atoms with Crippen LogP contribution in [-0.4, -0.2) is 14.9 Å². The van der Waals surface area contributed by atoms with Crippen LogP contribution in [0.5, 0.6) is 11.5 Å². The second kappa shape index (κ2) is 9.36. The Morgan fingerprint density at radius 1 is 0.806 bits per heavy atom. The van der Waals surface area contributed by atoms with Crippen molar-refractivity contribution in [3.05, 3.63) is 107 Å². The number of benzene rings is 3. The summed E-state index contributed by atoms with van der Waals surface area (Å²) in [4.78, 5) is 19.3. The van der Waals surface area contributed by atoms with Crippen LogP contribution >= 0.6 is 0 Å². The van der Waals surface area contributed by atoms with E-state index in [1.165, 1.54) is 6.33 Å². The molecule has 3 aromatic carbocycles. The number of ether oxygens (including phenoxy) is 1. The molecule has 0 bridgehead atoms. The Kier molecular flexibility index (Phi) is 5.99. The summed E-state index contributed by atoms with van der Waals surface area (Å²) in [5, 5.41) is 17.7. The molecule has 0 radical (unpaired) electrons. The minimum absolute atomic E-state index is 0.104. The number of para-hydroxylation sites is 1. The van der Waals surface area contributed by atoms with Crippen molar-refractivity contribution < 1.29 is 9.66 Å². The van der Waals surface area contributed by atoms with Crippen molar-refractivity contribution in [1.29, 1.82) is 0 Å². The van der Waals surface area contributed by atoms with Gasteiger partial charge in [0.2, 0.25) is 11.6 Å². The molecule has 0 aliphatic carbocycles. The smallest absolute Gasteiger partial charge is 0.353 e. The number of nitrogens with zero attached hydrogens (tertiary/aromatic N) is 3. The fraction of sp³-hybridized carbons (Fsp3) is 0.0435. The summed E-state index contributed by atoms with van der Waals surface area (Å²) in [6, 6.07) is 26.1. The Balaban J connectivity index is 1.50. The maximum atomic E-state index is 11.7. The van der Waals surface area contributed by atoms with Crippen LogP contribution in [0.4, 0.5) is 23.0 Å². The van der Waals surface area contributed by atoms with Crippen molar-refractivity contribution in [2.24, 2.45) is 0 Å². The number of anilines is 3. The van der Waals surface area contributed by atoms with Gasteiger partial charge in [0.05, 0.1) is 4.92 Å². The maximum absolute atomic E-state index is 11.7. The predicted octanol–water partition coefficient (Wildman–Crippen LogP) is 5.53. The van der Waals surface area contributed by atoms with Gasteiger partial charge in [0.25, 0.3) is 0 Å². The van der Waals surface area contributed by atoms with E-state index in [2.05, 4.69) is 20.6 Å². The first-order valence-corrected chi connectivity index (χ1v) is 9.56. The van der Waals surface area contributed by atoms with E-state index < -0.39 is 4.92 Å². The van der Waals surface area contributed by atoms with Gasteiger partial charge in [-0.3, -0.25) is 10.1 Å². The van der Waals surface area contributed by atoms with E-state index in [1.54, 1.807) is 24.3 Å². The zero-order valence-corrected chi connectivity index (χ0v) is 16.4. The third-order valence-corrected chi connectivity index (χ3v) is 4.40. The molecular formula is C23H19N5O3. The van der Waals surface area contributed by atoms with Gasteiger partial charge in [-0.25, -0.2) is 9.97 Å². The average Bonchev–Trinajstić information content (AvgIpc) is 2.80. The van der Waals surface area contributed by atoms with E-state index in [9.17, 15) is 10.1 Å². The third kappa shape index (κ3) is 5.13. The Morgan fingerprint density at radius 3 is 2.10 bits per heavy atom. The van der Waals surface area contributed by atoms with Crippen LogP contribution < -0.4 is 15.4 Å². The highest BCUT2D eigenvalue weighted by molar-refractivity contribution is 5.73. The minimum Gasteiger partial charge on any atom is -0.457 e. The fourth-order valence-electron chi connectivity index (χ4n) is 2.92. The molecule has 0 aliphatic rings. The van der Waals surface area contributed by atoms with Crippen LogP contribution in [0.15, 0.2) is 91.3 Å². The van der Waals surface area contributed by atoms with Gasteiger partial charge in [-0.1, -0.05) is 48.5 Å². The number of rotatable bonds is 8. The summed E-state index contributed by atoms with van der Waals surface area (Å²) in [7, 11) is 0. The van der Waals surface area contributed by atoms with Crippen molar-refractivity contribution in [3.63, 3.8) is 0 Å². The highest BCUT2D eigenvalue weighted by Gasteiger charge is 2.23. The Hall–Kier alpha value is -4.46. The van der Waals surface area contributed by atoms with Crippen LogP contribution in [0.2, 0.25) is 0 Å². The van der Waals surface area contributed by atoms with Crippen LogP contribution in [0.25, 0.3) is 0 Å². The molecule has 0 saturated heterocycles. The van der Waals surface area contributed by atoms with Gasteiger partial charge in [0, 0.05) is 12.2 Å². The normalized spacial score (nSPS) is 10.3. The first-order valence-electron chi connectivity index (χ1n) is 9.56. The molecule has 8 nitrogen and oxygen atoms in total. The zero-order chi connectivity index (χ0) is 21.5. The van der Waals surface area contributed by atoms with Gasteiger partial charge in [-0.05, 0) is 42.0 Å². The number of nitro groups is 1. The van der Waals surface area contributed by atoms with Gasteiger partial charge in [-0.2, -0.15) is 0 Å². The van der Waals surface area contributed by atoms with Gasteiger partial charge >= 0.3 is 5.69 Å². The minimum atomic E-state index is -0.497. The molecule has 1 aromatic heterocycles. The SMILES string of the molecule is O=[N+]([O-])c1c(NCc2ccccc2)ncnc1Nc1ccc(Oc2ccccc2)cc1. The zero-order valence-electron chi connectivity index (χ0n) is 16.4. The molecule has 1 heterocycles. The lowest BCUT2D eigenvalue weighted by atomic mass is 10.2. The van der Waals surface area contributed by atoms with Crippen LogP contribution in [-0.2, 0) is 6.54 Å². The summed E-state index contributed by atoms with van der Waals surface area (Å²) in [6.45, 7) is 0.406. The van der Waals surface area contributed by atoms with Crippen molar-refractivity contribution in [3.8, 4) is 11.5 Å². The van der Waals surface area contributed by atoms with Gasteiger partial charge < -0.3 is 15.4 Å². The molecule has 0 unspecified atom stereocenters. The summed E-state index contributed by atoms with van der Waals surface area (Å²) in [5.74, 6) is 1.63. The van der Waals surface area contributed by atoms with Crippen molar-refractivity contribution in [2.75, 3.05) is 10.6 Å². The standard InChI is InChI=1S/C23H19N5O3/c29-28(30)21-22(24-15-17-7-3-1-4-8-17)25-16-26-23(21)27-18-11-13-20(14-12-18)31-19-9-5-2-6-10-19/h1-14,16H,15H2,(H2,24,25,26,27). The first kappa shape index (κ1) is 19.8. The highest BCUT2D eigenvalue weighted by Crippen LogP contribution is 2.32. The van der Waals surface area contributed by atoms with Crippen LogP contribution in [0, 0.1) is 10.1 Å². The molecule has 0 spiro atoms. The average molecular weight is 413 g/mol. The molecule has 0 fully saturated rings. The first-order chi connectivity index (χ1) is 15.2. The summed E-state index contributed by atoms with van der Waals surface area (Å²) < 4.78 is 5.77. The largest absolute Gasteiger partial charge is 0.457 e. The summed E-state index contributed by atoms with van der Waals surface area (Å²) >= 11 is 0. The third-order valence-electron chi connectivity index (χ3n) is 4.40. The van der Waals surface area contributed by atoms with E-state index in [0.29, 0.717) is 18.0 Å². The summed E-state index contributed by atoms with van der Waals surface area (Å²) in [5.41, 5.74) is 1.40. The van der Waals surface area contributed by atoms with E-state index in [1.807, 2.05) is 60.7 Å². The number of nitrogens with one attached hydrogen (secondary N) is 2. The maximum Gasteiger partial charge on any atom is 0.353 e. The molecule has 0 saturated carbocycles. The molecule has 31 heavy (non-hydrogen) atoms. The molecule has 0 atom stereocenters. The van der Waals surface area contributed by atoms with E-state index in [-0.39, 0.29) is 17.3 Å². The molecule has 154 valence electrons. The Bertz CT molecular complexity index is 1150. The molecule has 0 amide bonds. The lowest BCUT2D eigenvalue weighted by molar-refractivity contribution is -0.383. The van der Waals surface area contributed by atoms with Crippen molar-refractivity contribution >= 4 is 23.0 Å². The fourth-order valence-corrected chi connectivity index (χ4v) is 2.92. The molecule has 4 rings (SSSR count). The highest BCUT2D eigenvalue weighted by atomic mass is 16.6. The van der Waals surface area contributed by atoms with Crippen molar-refractivity contribution in [2.45, 2.75) is 6.54 Å². The lowest BCUT2D eigenvalue weighted by Crippen LogP contribution is -2.08. The lowest BCUT2D eigenvalue weighted by Gasteiger charge is -2.11. The van der Waals surface area contributed by atoms with E-state index in [4.69, 9.17) is 4.74 Å². The second-order valence-electron chi connectivity index (χ2n) is 6.58. The number of hydrogen-bond donors (Lipinski definition) is 2. The van der Waals surface area contributed by atoms with E-state index >= 15 is 0 Å². The second-order valence-corrected chi connectivity index (χ2v) is 6.58. The van der Waals surface area contributed by atoms with E-state index in [0.717, 1.165) is 11.3 Å². The topological polar surface area (TPSA) is 102 Å². The van der Waals surface area contributed by atoms with Crippen molar-refractivity contribution in [1.82, 2.24) is 9.97 Å². The number of hydrogen-bond acceptors (Lipinski definition) is 7. The Morgan fingerprint density at radius 2 is 1.42 bits per heavy atom. The monoisotopic (exact) mass is 413 g/mol. The van der Waals surface area contributed by atoms with Gasteiger partial charge in [0.15, 0.2) is 0 Å². The molecule has 0 aliphatic heterocycles. The predicted molar refractivity (Wildman–Crippen MR) is 119 cm³/mol. The number of aromatic nitrogens is 2. The molecule has 4 aromatic rings. The summed E-state index contributed by atoms with van der Waals surface area (Å²) in [6.07, 6.45) is 1.29. The van der Waals surface area contributed by atoms with Crippen LogP contribution in [0.3, 0.4) is 0 Å². The quantitative estimate of drug-likeness (QED) is 0.289. The molecular weight excluding hydrogens is 394 g/mol. The van der Waals surface area contributed by atoms with Gasteiger partial charge in [0.1, 0.15) is 17.8 Å².